The summed E-state index contributed by atoms with van der Waals surface area (Å²) in [6.45, 7) is 0.461. The van der Waals surface area contributed by atoms with E-state index in [-0.39, 0.29) is 24.4 Å². The molecular formula is C15H18N2O4S. The van der Waals surface area contributed by atoms with Crippen LogP contribution in [0, 0.1) is 0 Å². The number of carboxylic acids is 1. The van der Waals surface area contributed by atoms with Crippen molar-refractivity contribution in [2.24, 2.45) is 0 Å². The molecule has 0 spiro atoms. The maximum Gasteiger partial charge on any atom is 0.326 e. The predicted molar refractivity (Wildman–Crippen MR) is 80.5 cm³/mol. The van der Waals surface area contributed by atoms with Gasteiger partial charge in [0.15, 0.2) is 0 Å². The molecule has 1 N–H and O–H groups in total. The number of thiophene rings is 1. The van der Waals surface area contributed by atoms with Gasteiger partial charge in [-0.3, -0.25) is 9.59 Å². The molecule has 0 aliphatic carbocycles. The minimum Gasteiger partial charge on any atom is -0.480 e. The van der Waals surface area contributed by atoms with E-state index < -0.39 is 12.0 Å². The van der Waals surface area contributed by atoms with Crippen molar-refractivity contribution in [2.45, 2.75) is 37.8 Å². The zero-order valence-corrected chi connectivity index (χ0v) is 12.9. The van der Waals surface area contributed by atoms with Crippen LogP contribution >= 0.6 is 11.3 Å². The number of nitrogens with zero attached hydrogens (tertiary/aromatic N) is 2. The molecule has 1 aromatic heterocycles. The van der Waals surface area contributed by atoms with Crippen molar-refractivity contribution in [3.05, 3.63) is 22.4 Å². The molecule has 2 atom stereocenters. The average Bonchev–Trinajstić information content (AvgIpc) is 3.13. The Morgan fingerprint density at radius 3 is 2.86 bits per heavy atom. The van der Waals surface area contributed by atoms with Crippen molar-refractivity contribution in [1.29, 1.82) is 0 Å². The number of piperazine rings is 1. The molecular weight excluding hydrogens is 304 g/mol. The van der Waals surface area contributed by atoms with Gasteiger partial charge >= 0.3 is 5.97 Å². The second kappa shape index (κ2) is 6.08. The number of amides is 2. The van der Waals surface area contributed by atoms with Crippen molar-refractivity contribution in [3.8, 4) is 0 Å². The van der Waals surface area contributed by atoms with Crippen LogP contribution in [0.1, 0.15) is 24.1 Å². The molecule has 2 aliphatic heterocycles. The molecule has 2 fully saturated rings. The lowest BCUT2D eigenvalue weighted by Crippen LogP contribution is -2.58. The maximum atomic E-state index is 12.3. The van der Waals surface area contributed by atoms with Crippen molar-refractivity contribution < 1.29 is 19.5 Å². The van der Waals surface area contributed by atoms with Gasteiger partial charge in [0.05, 0.1) is 12.6 Å². The van der Waals surface area contributed by atoms with E-state index in [1.165, 1.54) is 4.90 Å². The van der Waals surface area contributed by atoms with Gasteiger partial charge in [0.1, 0.15) is 6.04 Å². The molecule has 3 heterocycles. The first kappa shape index (κ1) is 15.0. The number of hydrogen-bond donors (Lipinski definition) is 1. The van der Waals surface area contributed by atoms with Crippen molar-refractivity contribution >= 4 is 29.1 Å². The molecule has 22 heavy (non-hydrogen) atoms. The number of rotatable bonds is 4. The van der Waals surface area contributed by atoms with E-state index in [0.29, 0.717) is 32.2 Å². The molecule has 1 aromatic rings. The van der Waals surface area contributed by atoms with Crippen LogP contribution in [0.4, 0.5) is 0 Å². The Labute approximate surface area is 132 Å². The first-order valence-corrected chi connectivity index (χ1v) is 8.28. The fourth-order valence-electron chi connectivity index (χ4n) is 3.28. The Hall–Kier alpha value is -1.89. The van der Waals surface area contributed by atoms with Crippen LogP contribution < -0.4 is 0 Å². The summed E-state index contributed by atoms with van der Waals surface area (Å²) >= 11 is 1.62. The molecule has 0 saturated carbocycles. The minimum atomic E-state index is -0.951. The Morgan fingerprint density at radius 2 is 2.18 bits per heavy atom. The van der Waals surface area contributed by atoms with Gasteiger partial charge in [-0.25, -0.2) is 4.79 Å². The summed E-state index contributed by atoms with van der Waals surface area (Å²) in [5.74, 6) is -1.22. The van der Waals surface area contributed by atoms with Gasteiger partial charge in [-0.1, -0.05) is 6.07 Å². The Kier molecular flexibility index (Phi) is 4.15. The molecule has 2 aliphatic rings. The van der Waals surface area contributed by atoms with Crippen LogP contribution in [-0.2, 0) is 20.8 Å². The largest absolute Gasteiger partial charge is 0.480 e. The normalized spacial score (nSPS) is 24.5. The van der Waals surface area contributed by atoms with Crippen LogP contribution in [-0.4, -0.2) is 57.9 Å². The monoisotopic (exact) mass is 322 g/mol. The standard InChI is InChI=1S/C15H18N2O4S/c18-13(6-4-11-2-1-7-22-11)16-8-10-3-5-12(15(20)21)17(10)14(19)9-16/h1-2,7,10,12H,3-6,8-9H2,(H,20,21). The number of aryl methyl sites for hydroxylation is 1. The lowest BCUT2D eigenvalue weighted by atomic mass is 10.1. The molecule has 2 saturated heterocycles. The summed E-state index contributed by atoms with van der Waals surface area (Å²) in [6, 6.07) is 3.08. The number of carboxylic acid groups (broad SMARTS) is 1. The van der Waals surface area contributed by atoms with E-state index in [1.54, 1.807) is 16.2 Å². The Bertz CT molecular complexity index is 586. The van der Waals surface area contributed by atoms with Crippen molar-refractivity contribution in [1.82, 2.24) is 9.80 Å². The second-order valence-electron chi connectivity index (χ2n) is 5.74. The van der Waals surface area contributed by atoms with Gasteiger partial charge < -0.3 is 14.9 Å². The van der Waals surface area contributed by atoms with Crippen LogP contribution in [0.25, 0.3) is 0 Å². The molecule has 118 valence electrons. The number of carbonyl (C=O) groups excluding carboxylic acids is 2. The van der Waals surface area contributed by atoms with Gasteiger partial charge in [-0.2, -0.15) is 0 Å². The average molecular weight is 322 g/mol. The van der Waals surface area contributed by atoms with Gasteiger partial charge in [0, 0.05) is 17.8 Å². The number of aliphatic carboxylic acids is 1. The number of fused-ring (bicyclic) bond motifs is 1. The summed E-state index contributed by atoms with van der Waals surface area (Å²) in [5.41, 5.74) is 0. The fourth-order valence-corrected chi connectivity index (χ4v) is 3.99. The molecule has 2 unspecified atom stereocenters. The second-order valence-corrected chi connectivity index (χ2v) is 6.77. The van der Waals surface area contributed by atoms with Crippen LogP contribution in [0.15, 0.2) is 17.5 Å². The highest BCUT2D eigenvalue weighted by Crippen LogP contribution is 2.28. The Balaban J connectivity index is 1.60. The summed E-state index contributed by atoms with van der Waals surface area (Å²) in [4.78, 5) is 39.9. The lowest BCUT2D eigenvalue weighted by Gasteiger charge is -2.38. The molecule has 6 nitrogen and oxygen atoms in total. The smallest absolute Gasteiger partial charge is 0.326 e. The summed E-state index contributed by atoms with van der Waals surface area (Å²) in [7, 11) is 0. The molecule has 2 amide bonds. The van der Waals surface area contributed by atoms with Crippen molar-refractivity contribution in [3.63, 3.8) is 0 Å². The third-order valence-corrected chi connectivity index (χ3v) is 5.29. The summed E-state index contributed by atoms with van der Waals surface area (Å²) < 4.78 is 0. The zero-order valence-electron chi connectivity index (χ0n) is 12.1. The molecule has 0 bridgehead atoms. The Morgan fingerprint density at radius 1 is 1.36 bits per heavy atom. The third-order valence-electron chi connectivity index (χ3n) is 4.35. The minimum absolute atomic E-state index is 0.00353. The van der Waals surface area contributed by atoms with E-state index >= 15 is 0 Å². The van der Waals surface area contributed by atoms with Gasteiger partial charge in [0.25, 0.3) is 0 Å². The molecule has 0 aromatic carbocycles. The number of hydrogen-bond acceptors (Lipinski definition) is 4. The van der Waals surface area contributed by atoms with Crippen LogP contribution in [0.3, 0.4) is 0 Å². The molecule has 3 rings (SSSR count). The first-order valence-electron chi connectivity index (χ1n) is 7.40. The van der Waals surface area contributed by atoms with E-state index in [9.17, 15) is 14.4 Å². The highest BCUT2D eigenvalue weighted by Gasteiger charge is 2.45. The summed E-state index contributed by atoms with van der Waals surface area (Å²) in [6.07, 6.45) is 2.20. The maximum absolute atomic E-state index is 12.3. The van der Waals surface area contributed by atoms with E-state index in [2.05, 4.69) is 0 Å². The molecule has 7 heteroatoms. The highest BCUT2D eigenvalue weighted by atomic mass is 32.1. The van der Waals surface area contributed by atoms with E-state index in [4.69, 9.17) is 5.11 Å². The van der Waals surface area contributed by atoms with E-state index in [1.807, 2.05) is 17.5 Å². The third kappa shape index (κ3) is 2.85. The van der Waals surface area contributed by atoms with Crippen LogP contribution in [0.2, 0.25) is 0 Å². The molecule has 0 radical (unpaired) electrons. The zero-order chi connectivity index (χ0) is 15.7. The highest BCUT2D eigenvalue weighted by molar-refractivity contribution is 7.09. The first-order chi connectivity index (χ1) is 10.6. The van der Waals surface area contributed by atoms with E-state index in [0.717, 1.165) is 4.88 Å². The fraction of sp³-hybridized carbons (Fsp3) is 0.533. The SMILES string of the molecule is O=C(O)C1CCC2CN(C(=O)CCc3cccs3)CC(=O)N21. The summed E-state index contributed by atoms with van der Waals surface area (Å²) in [5, 5.41) is 11.1. The topological polar surface area (TPSA) is 77.9 Å². The lowest BCUT2D eigenvalue weighted by molar-refractivity contribution is -0.155. The van der Waals surface area contributed by atoms with Crippen molar-refractivity contribution in [2.75, 3.05) is 13.1 Å². The van der Waals surface area contributed by atoms with Gasteiger partial charge in [0.2, 0.25) is 11.8 Å². The quantitative estimate of drug-likeness (QED) is 0.896. The predicted octanol–water partition coefficient (Wildman–Crippen LogP) is 0.967. The van der Waals surface area contributed by atoms with Crippen LogP contribution in [0.5, 0.6) is 0 Å². The van der Waals surface area contributed by atoms with Gasteiger partial charge in [-0.05, 0) is 30.7 Å². The number of carbonyl (C=O) groups is 3. The van der Waals surface area contributed by atoms with Gasteiger partial charge in [-0.15, -0.1) is 11.3 Å².